The number of methoxy groups -OCH3 is 1. The minimum Gasteiger partial charge on any atom is -0.497 e. The summed E-state index contributed by atoms with van der Waals surface area (Å²) in [6, 6.07) is 8.35. The Morgan fingerprint density at radius 2 is 1.42 bits per heavy atom. The first kappa shape index (κ1) is 19.8. The zero-order valence-electron chi connectivity index (χ0n) is 14.7. The second-order valence-corrected chi connectivity index (χ2v) is 9.70. The molecule has 0 amide bonds. The van der Waals surface area contributed by atoms with Gasteiger partial charge in [-0.2, -0.15) is 0 Å². The van der Waals surface area contributed by atoms with E-state index in [2.05, 4.69) is 4.79 Å². The quantitative estimate of drug-likeness (QED) is 0.343. The van der Waals surface area contributed by atoms with E-state index in [0.717, 1.165) is 5.56 Å². The second-order valence-electron chi connectivity index (χ2n) is 5.78. The van der Waals surface area contributed by atoms with E-state index >= 15 is 0 Å². The van der Waals surface area contributed by atoms with Crippen molar-refractivity contribution in [1.29, 1.82) is 0 Å². The van der Waals surface area contributed by atoms with Crippen molar-refractivity contribution in [2.75, 3.05) is 7.11 Å². The first-order chi connectivity index (χ1) is 12.1. The summed E-state index contributed by atoms with van der Waals surface area (Å²) in [5, 5.41) is 0. The maximum absolute atomic E-state index is 13.0. The maximum Gasteiger partial charge on any atom is 0.504 e. The number of hydrogen-bond donors (Lipinski definition) is 0. The van der Waals surface area contributed by atoms with Gasteiger partial charge in [-0.1, -0.05) is 17.7 Å². The number of aryl methyl sites for hydroxylation is 3. The number of sulfone groups is 2. The average molecular weight is 394 g/mol. The van der Waals surface area contributed by atoms with E-state index in [0.29, 0.717) is 16.9 Å². The highest BCUT2D eigenvalue weighted by atomic mass is 32.3. The lowest BCUT2D eigenvalue weighted by molar-refractivity contribution is 0.00379. The van der Waals surface area contributed by atoms with E-state index in [1.54, 1.807) is 32.9 Å². The van der Waals surface area contributed by atoms with Crippen LogP contribution in [0.15, 0.2) is 46.2 Å². The predicted octanol–water partition coefficient (Wildman–Crippen LogP) is 2.45. The Bertz CT molecular complexity index is 1090. The summed E-state index contributed by atoms with van der Waals surface area (Å²) >= 11 is 0. The van der Waals surface area contributed by atoms with Crippen molar-refractivity contribution in [3.05, 3.63) is 58.6 Å². The number of rotatable bonds is 3. The van der Waals surface area contributed by atoms with Gasteiger partial charge >= 0.3 is 4.38 Å². The predicted molar refractivity (Wildman–Crippen MR) is 96.6 cm³/mol. The first-order valence-corrected chi connectivity index (χ1v) is 10.5. The van der Waals surface area contributed by atoms with Crippen LogP contribution in [0.1, 0.15) is 16.7 Å². The van der Waals surface area contributed by atoms with Crippen molar-refractivity contribution < 1.29 is 26.4 Å². The third-order valence-electron chi connectivity index (χ3n) is 3.78. The van der Waals surface area contributed by atoms with Crippen molar-refractivity contribution in [3.63, 3.8) is 0 Å². The molecule has 7 nitrogen and oxygen atoms in total. The molecule has 0 aliphatic carbocycles. The van der Waals surface area contributed by atoms with Crippen molar-refractivity contribution in [2.45, 2.75) is 30.6 Å². The minimum atomic E-state index is -4.57. The summed E-state index contributed by atoms with van der Waals surface area (Å²) in [6.07, 6.45) is 0. The summed E-state index contributed by atoms with van der Waals surface area (Å²) in [7, 11) is -7.72. The molecule has 26 heavy (non-hydrogen) atoms. The van der Waals surface area contributed by atoms with Crippen molar-refractivity contribution in [3.8, 4) is 5.75 Å². The monoisotopic (exact) mass is 394 g/mol. The van der Waals surface area contributed by atoms with E-state index < -0.39 is 24.1 Å². The molecule has 2 aromatic carbocycles. The Kier molecular flexibility index (Phi) is 5.36. The molecule has 0 fully saturated rings. The zero-order valence-corrected chi connectivity index (χ0v) is 16.3. The second kappa shape index (κ2) is 7.03. The Balaban J connectivity index is 2.69. The zero-order chi connectivity index (χ0) is 19.7. The molecule has 2 aromatic rings. The van der Waals surface area contributed by atoms with Crippen LogP contribution in [0.2, 0.25) is 0 Å². The number of benzene rings is 2. The van der Waals surface area contributed by atoms with Crippen LogP contribution < -0.4 is 4.74 Å². The summed E-state index contributed by atoms with van der Waals surface area (Å²) in [5.41, 5.74) is 10.8. The molecular weight excluding hydrogens is 376 g/mol. The third kappa shape index (κ3) is 3.41. The molecule has 0 saturated carbocycles. The standard InChI is InChI=1S/C17H18N2O5S2/c1-11-9-12(2)16(13(3)10-11)26(22,23)17(19-18)25(20,21)15-7-5-14(24-4)6-8-15/h5-10H,1-4H3. The molecule has 0 bridgehead atoms. The van der Waals surface area contributed by atoms with Gasteiger partial charge in [0.2, 0.25) is 0 Å². The summed E-state index contributed by atoms with van der Waals surface area (Å²) < 4.78 is 55.1. The van der Waals surface area contributed by atoms with Crippen LogP contribution in [0.25, 0.3) is 5.53 Å². The molecule has 0 saturated heterocycles. The van der Waals surface area contributed by atoms with Crippen LogP contribution in [0.5, 0.6) is 5.75 Å². The van der Waals surface area contributed by atoms with E-state index in [1.165, 1.54) is 31.4 Å². The SMILES string of the molecule is COc1ccc(S(=O)(=O)C(=[N+]=[N-])S(=O)(=O)c2c(C)cc(C)cc2C)cc1. The van der Waals surface area contributed by atoms with E-state index in [4.69, 9.17) is 4.74 Å². The van der Waals surface area contributed by atoms with Gasteiger partial charge in [0, 0.05) is 0 Å². The Morgan fingerprint density at radius 1 is 0.923 bits per heavy atom. The number of nitrogens with zero attached hydrogens (tertiary/aromatic N) is 2. The van der Waals surface area contributed by atoms with Gasteiger partial charge in [0.05, 0.1) is 16.9 Å². The van der Waals surface area contributed by atoms with Crippen molar-refractivity contribution >= 4 is 24.1 Å². The van der Waals surface area contributed by atoms with E-state index in [-0.39, 0.29) is 9.79 Å². The molecule has 138 valence electrons. The minimum absolute atomic E-state index is 0.187. The Morgan fingerprint density at radius 3 is 1.85 bits per heavy atom. The van der Waals surface area contributed by atoms with Gasteiger partial charge < -0.3 is 10.3 Å². The van der Waals surface area contributed by atoms with Gasteiger partial charge in [0.15, 0.2) is 0 Å². The van der Waals surface area contributed by atoms with Crippen LogP contribution in [0.3, 0.4) is 0 Å². The van der Waals surface area contributed by atoms with Gasteiger partial charge in [-0.15, -0.1) is 4.79 Å². The largest absolute Gasteiger partial charge is 0.504 e. The fourth-order valence-electron chi connectivity index (χ4n) is 2.79. The normalized spacial score (nSPS) is 11.7. The lowest BCUT2D eigenvalue weighted by Crippen LogP contribution is -2.27. The average Bonchev–Trinajstić information content (AvgIpc) is 2.53. The highest BCUT2D eigenvalue weighted by Gasteiger charge is 2.45. The molecule has 2 rings (SSSR count). The van der Waals surface area contributed by atoms with Crippen molar-refractivity contribution in [1.82, 2.24) is 0 Å². The van der Waals surface area contributed by atoms with Crippen LogP contribution in [0, 0.1) is 20.8 Å². The molecule has 0 radical (unpaired) electrons. The molecule has 0 heterocycles. The Hall–Kier alpha value is -2.48. The fourth-order valence-corrected chi connectivity index (χ4v) is 6.53. The summed E-state index contributed by atoms with van der Waals surface area (Å²) in [6.45, 7) is 4.91. The molecule has 9 heteroatoms. The van der Waals surface area contributed by atoms with Crippen molar-refractivity contribution in [2.24, 2.45) is 0 Å². The molecule has 0 aliphatic heterocycles. The van der Waals surface area contributed by atoms with Crippen LogP contribution in [0.4, 0.5) is 0 Å². The molecule has 0 unspecified atom stereocenters. The van der Waals surface area contributed by atoms with E-state index in [9.17, 15) is 22.4 Å². The molecule has 0 atom stereocenters. The van der Waals surface area contributed by atoms with Crippen LogP contribution in [-0.4, -0.2) is 33.1 Å². The smallest absolute Gasteiger partial charge is 0.497 e. The molecule has 0 spiro atoms. The van der Waals surface area contributed by atoms with Gasteiger partial charge in [0.25, 0.3) is 19.7 Å². The van der Waals surface area contributed by atoms with Crippen LogP contribution in [-0.2, 0) is 19.7 Å². The topological polar surface area (TPSA) is 114 Å². The van der Waals surface area contributed by atoms with Gasteiger partial charge in [-0.05, 0) is 56.2 Å². The third-order valence-corrected chi connectivity index (χ3v) is 8.26. The van der Waals surface area contributed by atoms with Crippen LogP contribution >= 0.6 is 0 Å². The van der Waals surface area contributed by atoms with E-state index in [1.807, 2.05) is 0 Å². The van der Waals surface area contributed by atoms with Gasteiger partial charge in [-0.3, -0.25) is 0 Å². The number of ether oxygens (including phenoxy) is 1. The number of hydrogen-bond acceptors (Lipinski definition) is 5. The highest BCUT2D eigenvalue weighted by molar-refractivity contribution is 8.31. The summed E-state index contributed by atoms with van der Waals surface area (Å²) in [4.78, 5) is 2.13. The Labute approximate surface area is 152 Å². The molecule has 0 aliphatic rings. The molecule has 0 aromatic heterocycles. The fraction of sp³-hybridized carbons (Fsp3) is 0.235. The maximum atomic E-state index is 13.0. The van der Waals surface area contributed by atoms with Gasteiger partial charge in [0.1, 0.15) is 5.75 Å². The molecule has 0 N–H and O–H groups in total. The summed E-state index contributed by atoms with van der Waals surface area (Å²) in [5.74, 6) is 0.402. The first-order valence-electron chi connectivity index (χ1n) is 7.50. The lowest BCUT2D eigenvalue weighted by atomic mass is 10.1. The van der Waals surface area contributed by atoms with Gasteiger partial charge in [-0.25, -0.2) is 16.8 Å². The highest BCUT2D eigenvalue weighted by Crippen LogP contribution is 2.27. The molecular formula is C17H18N2O5S2. The lowest BCUT2D eigenvalue weighted by Gasteiger charge is -2.10.